The van der Waals surface area contributed by atoms with Crippen LogP contribution in [0, 0.1) is 19.7 Å². The first-order valence-corrected chi connectivity index (χ1v) is 9.83. The van der Waals surface area contributed by atoms with Gasteiger partial charge in [0.1, 0.15) is 11.6 Å². The lowest BCUT2D eigenvalue weighted by atomic mass is 10.1. The molecular formula is C22H23FN4O2. The van der Waals surface area contributed by atoms with E-state index in [1.807, 2.05) is 18.7 Å². The minimum atomic E-state index is -0.335. The molecule has 4 rings (SSSR count). The van der Waals surface area contributed by atoms with Crippen molar-refractivity contribution in [3.05, 3.63) is 65.2 Å². The van der Waals surface area contributed by atoms with Gasteiger partial charge in [0.25, 0.3) is 5.91 Å². The van der Waals surface area contributed by atoms with Gasteiger partial charge in [0.15, 0.2) is 0 Å². The van der Waals surface area contributed by atoms with E-state index >= 15 is 0 Å². The van der Waals surface area contributed by atoms with Crippen LogP contribution in [0.4, 0.5) is 4.39 Å². The second-order valence-corrected chi connectivity index (χ2v) is 7.43. The molecule has 6 nitrogen and oxygen atoms in total. The van der Waals surface area contributed by atoms with E-state index in [1.54, 1.807) is 24.5 Å². The maximum Gasteiger partial charge on any atom is 0.254 e. The van der Waals surface area contributed by atoms with E-state index in [9.17, 15) is 9.18 Å². The number of carbonyl (C=O) groups is 1. The summed E-state index contributed by atoms with van der Waals surface area (Å²) in [5, 5.41) is 3.96. The van der Waals surface area contributed by atoms with Gasteiger partial charge in [0.05, 0.1) is 28.8 Å². The van der Waals surface area contributed by atoms with Crippen molar-refractivity contribution in [2.45, 2.75) is 45.6 Å². The number of aryl methyl sites for hydroxylation is 3. The molecule has 29 heavy (non-hydrogen) atoms. The van der Waals surface area contributed by atoms with Gasteiger partial charge in [-0.25, -0.2) is 4.39 Å². The molecule has 1 aromatic carbocycles. The van der Waals surface area contributed by atoms with E-state index in [0.29, 0.717) is 5.56 Å². The number of carbonyl (C=O) groups excluding carboxylic acids is 1. The summed E-state index contributed by atoms with van der Waals surface area (Å²) in [6, 6.07) is 5.91. The Bertz CT molecular complexity index is 979. The zero-order valence-electron chi connectivity index (χ0n) is 16.6. The van der Waals surface area contributed by atoms with Crippen molar-refractivity contribution >= 4 is 5.91 Å². The minimum absolute atomic E-state index is 0.0349. The molecule has 0 N–H and O–H groups in total. The Labute approximate surface area is 168 Å². The van der Waals surface area contributed by atoms with Crippen molar-refractivity contribution in [2.24, 2.45) is 0 Å². The van der Waals surface area contributed by atoms with E-state index in [0.717, 1.165) is 60.6 Å². The van der Waals surface area contributed by atoms with Crippen molar-refractivity contribution in [1.29, 1.82) is 0 Å². The number of likely N-dealkylation sites (tertiary alicyclic amines) is 1. The molecule has 1 aliphatic rings. The van der Waals surface area contributed by atoms with Crippen LogP contribution in [0.3, 0.4) is 0 Å². The monoisotopic (exact) mass is 394 g/mol. The largest absolute Gasteiger partial charge is 0.361 e. The lowest BCUT2D eigenvalue weighted by Crippen LogP contribution is -2.35. The normalized spacial score (nSPS) is 16.4. The number of halogens is 1. The molecule has 0 radical (unpaired) electrons. The Kier molecular flexibility index (Phi) is 5.38. The van der Waals surface area contributed by atoms with Gasteiger partial charge in [0.2, 0.25) is 0 Å². The van der Waals surface area contributed by atoms with Crippen molar-refractivity contribution in [2.75, 3.05) is 6.54 Å². The fraction of sp³-hybridized carbons (Fsp3) is 0.364. The standard InChI is InChI=1S/C22H23FN4O2/c1-14-21(15(2)29-26-14)20-13-24-18(12-25-20)9-10-19-4-3-11-27(19)22(28)16-5-7-17(23)8-6-16/h5-8,12-13,19H,3-4,9-11H2,1-2H3. The molecule has 2 aromatic heterocycles. The van der Waals surface area contributed by atoms with E-state index in [1.165, 1.54) is 12.1 Å². The van der Waals surface area contributed by atoms with Gasteiger partial charge in [-0.2, -0.15) is 0 Å². The average molecular weight is 394 g/mol. The molecule has 0 spiro atoms. The molecule has 0 aliphatic carbocycles. The number of amides is 1. The molecule has 0 saturated carbocycles. The molecule has 1 saturated heterocycles. The Balaban J connectivity index is 1.40. The van der Waals surface area contributed by atoms with Gasteiger partial charge >= 0.3 is 0 Å². The summed E-state index contributed by atoms with van der Waals surface area (Å²) in [7, 11) is 0. The molecule has 1 atom stereocenters. The maximum absolute atomic E-state index is 13.1. The van der Waals surface area contributed by atoms with Crippen LogP contribution in [0.5, 0.6) is 0 Å². The Morgan fingerprint density at radius 3 is 2.66 bits per heavy atom. The zero-order valence-corrected chi connectivity index (χ0v) is 16.6. The second kappa shape index (κ2) is 8.11. The summed E-state index contributed by atoms with van der Waals surface area (Å²) in [5.41, 5.74) is 3.85. The number of benzene rings is 1. The summed E-state index contributed by atoms with van der Waals surface area (Å²) in [4.78, 5) is 23.7. The van der Waals surface area contributed by atoms with Crippen LogP contribution in [0.15, 0.2) is 41.2 Å². The molecule has 7 heteroatoms. The van der Waals surface area contributed by atoms with Gasteiger partial charge in [-0.15, -0.1) is 0 Å². The number of aromatic nitrogens is 3. The summed E-state index contributed by atoms with van der Waals surface area (Å²) in [6.07, 6.45) is 7.05. The predicted molar refractivity (Wildman–Crippen MR) is 106 cm³/mol. The van der Waals surface area contributed by atoms with Crippen molar-refractivity contribution < 1.29 is 13.7 Å². The van der Waals surface area contributed by atoms with Gasteiger partial charge < -0.3 is 9.42 Å². The first kappa shape index (κ1) is 19.2. The van der Waals surface area contributed by atoms with E-state index in [4.69, 9.17) is 4.52 Å². The number of hydrogen-bond acceptors (Lipinski definition) is 5. The fourth-order valence-electron chi connectivity index (χ4n) is 3.94. The first-order valence-electron chi connectivity index (χ1n) is 9.83. The molecule has 3 aromatic rings. The van der Waals surface area contributed by atoms with Gasteiger partial charge in [0, 0.05) is 24.3 Å². The predicted octanol–water partition coefficient (Wildman–Crippen LogP) is 4.12. The lowest BCUT2D eigenvalue weighted by Gasteiger charge is -2.24. The average Bonchev–Trinajstić information content (AvgIpc) is 3.33. The molecule has 1 unspecified atom stereocenters. The Morgan fingerprint density at radius 1 is 1.21 bits per heavy atom. The van der Waals surface area contributed by atoms with Crippen molar-refractivity contribution in [1.82, 2.24) is 20.0 Å². The highest BCUT2D eigenvalue weighted by Gasteiger charge is 2.29. The third-order valence-corrected chi connectivity index (χ3v) is 5.46. The fourth-order valence-corrected chi connectivity index (χ4v) is 3.94. The van der Waals surface area contributed by atoms with E-state index in [-0.39, 0.29) is 17.8 Å². The Hall–Kier alpha value is -3.09. The summed E-state index contributed by atoms with van der Waals surface area (Å²) >= 11 is 0. The SMILES string of the molecule is Cc1noc(C)c1-c1cnc(CCC2CCCN2C(=O)c2ccc(F)cc2)cn1. The van der Waals surface area contributed by atoms with Crippen LogP contribution in [0.2, 0.25) is 0 Å². The van der Waals surface area contributed by atoms with Crippen LogP contribution in [-0.4, -0.2) is 38.5 Å². The van der Waals surface area contributed by atoms with Crippen LogP contribution in [-0.2, 0) is 6.42 Å². The summed E-state index contributed by atoms with van der Waals surface area (Å²) < 4.78 is 18.3. The molecule has 150 valence electrons. The number of hydrogen-bond donors (Lipinski definition) is 0. The summed E-state index contributed by atoms with van der Waals surface area (Å²) in [6.45, 7) is 4.48. The van der Waals surface area contributed by atoms with Gasteiger partial charge in [-0.3, -0.25) is 14.8 Å². The van der Waals surface area contributed by atoms with Gasteiger partial charge in [-0.05, 0) is 63.8 Å². The number of rotatable bonds is 5. The van der Waals surface area contributed by atoms with Crippen molar-refractivity contribution in [3.63, 3.8) is 0 Å². The third kappa shape index (κ3) is 4.04. The van der Waals surface area contributed by atoms with E-state index < -0.39 is 0 Å². The highest BCUT2D eigenvalue weighted by molar-refractivity contribution is 5.94. The molecule has 1 aliphatic heterocycles. The van der Waals surface area contributed by atoms with Crippen molar-refractivity contribution in [3.8, 4) is 11.3 Å². The molecule has 0 bridgehead atoms. The molecular weight excluding hydrogens is 371 g/mol. The lowest BCUT2D eigenvalue weighted by molar-refractivity contribution is 0.0730. The maximum atomic E-state index is 13.1. The zero-order chi connectivity index (χ0) is 20.4. The third-order valence-electron chi connectivity index (χ3n) is 5.46. The smallest absolute Gasteiger partial charge is 0.254 e. The topological polar surface area (TPSA) is 72.1 Å². The number of nitrogens with zero attached hydrogens (tertiary/aromatic N) is 4. The first-order chi connectivity index (χ1) is 14.0. The Morgan fingerprint density at radius 2 is 2.00 bits per heavy atom. The summed E-state index contributed by atoms with van der Waals surface area (Å²) in [5.74, 6) is 0.357. The van der Waals surface area contributed by atoms with Crippen LogP contribution in [0.1, 0.15) is 46.8 Å². The molecule has 1 fully saturated rings. The quantitative estimate of drug-likeness (QED) is 0.651. The highest BCUT2D eigenvalue weighted by Crippen LogP contribution is 2.26. The highest BCUT2D eigenvalue weighted by atomic mass is 19.1. The van der Waals surface area contributed by atoms with Crippen LogP contribution < -0.4 is 0 Å². The minimum Gasteiger partial charge on any atom is -0.361 e. The van der Waals surface area contributed by atoms with E-state index in [2.05, 4.69) is 15.1 Å². The van der Waals surface area contributed by atoms with Crippen LogP contribution in [0.25, 0.3) is 11.3 Å². The van der Waals surface area contributed by atoms with Gasteiger partial charge in [-0.1, -0.05) is 5.16 Å². The molecule has 3 heterocycles. The second-order valence-electron chi connectivity index (χ2n) is 7.43. The molecule has 1 amide bonds. The van der Waals surface area contributed by atoms with Crippen LogP contribution >= 0.6 is 0 Å².